The van der Waals surface area contributed by atoms with E-state index < -0.39 is 0 Å². The summed E-state index contributed by atoms with van der Waals surface area (Å²) in [5.41, 5.74) is 5.33. The summed E-state index contributed by atoms with van der Waals surface area (Å²) in [5.74, 6) is 1.11. The largest absolute Gasteiger partial charge is 0.496 e. The molecule has 0 aliphatic heterocycles. The van der Waals surface area contributed by atoms with E-state index in [1.165, 1.54) is 6.33 Å². The number of hydrogen-bond donors (Lipinski definition) is 2. The number of methoxy groups -OCH3 is 1. The van der Waals surface area contributed by atoms with Gasteiger partial charge in [0.15, 0.2) is 0 Å². The molecule has 0 fully saturated rings. The summed E-state index contributed by atoms with van der Waals surface area (Å²) in [5, 5.41) is 6.18. The third-order valence-corrected chi connectivity index (χ3v) is 4.47. The minimum atomic E-state index is -0.266. The van der Waals surface area contributed by atoms with Crippen molar-refractivity contribution in [1.82, 2.24) is 9.97 Å². The first-order valence-electron chi connectivity index (χ1n) is 9.05. The number of amides is 1. The Morgan fingerprint density at radius 1 is 1.04 bits per heavy atom. The van der Waals surface area contributed by atoms with Gasteiger partial charge in [-0.3, -0.25) is 4.79 Å². The second-order valence-electron chi connectivity index (χ2n) is 6.68. The van der Waals surface area contributed by atoms with Gasteiger partial charge in [0, 0.05) is 23.9 Å². The molecule has 2 aromatic carbocycles. The lowest BCUT2D eigenvalue weighted by Gasteiger charge is -2.13. The molecule has 0 aliphatic rings. The first-order chi connectivity index (χ1) is 13.5. The van der Waals surface area contributed by atoms with Crippen molar-refractivity contribution in [3.05, 3.63) is 76.7 Å². The Morgan fingerprint density at radius 3 is 2.46 bits per heavy atom. The Bertz CT molecular complexity index is 978. The number of nitrogens with one attached hydrogen (secondary N) is 2. The van der Waals surface area contributed by atoms with E-state index in [2.05, 4.69) is 20.6 Å². The average Bonchev–Trinajstić information content (AvgIpc) is 2.69. The van der Waals surface area contributed by atoms with Crippen LogP contribution >= 0.6 is 0 Å². The van der Waals surface area contributed by atoms with E-state index in [1.807, 2.05) is 57.2 Å². The van der Waals surface area contributed by atoms with E-state index in [0.717, 1.165) is 33.7 Å². The van der Waals surface area contributed by atoms with Crippen molar-refractivity contribution in [2.75, 3.05) is 17.7 Å². The third-order valence-electron chi connectivity index (χ3n) is 4.47. The molecule has 0 saturated carbocycles. The minimum Gasteiger partial charge on any atom is -0.496 e. The second-order valence-corrected chi connectivity index (χ2v) is 6.68. The fourth-order valence-electron chi connectivity index (χ4n) is 3.17. The molecule has 0 bridgehead atoms. The molecule has 144 valence electrons. The van der Waals surface area contributed by atoms with E-state index >= 15 is 0 Å². The number of anilines is 2. The topological polar surface area (TPSA) is 76.1 Å². The number of aromatic nitrogens is 2. The van der Waals surface area contributed by atoms with E-state index in [4.69, 9.17) is 4.74 Å². The van der Waals surface area contributed by atoms with Gasteiger partial charge in [-0.1, -0.05) is 35.9 Å². The lowest BCUT2D eigenvalue weighted by molar-refractivity contribution is 0.102. The summed E-state index contributed by atoms with van der Waals surface area (Å²) in [6.07, 6.45) is 1.38. The molecule has 1 heterocycles. The number of para-hydroxylation sites is 1. The molecule has 2 N–H and O–H groups in total. The number of carbonyl (C=O) groups excluding carboxylic acids is 1. The van der Waals surface area contributed by atoms with Crippen LogP contribution in [0.3, 0.4) is 0 Å². The van der Waals surface area contributed by atoms with Gasteiger partial charge in [0.1, 0.15) is 23.6 Å². The molecule has 28 heavy (non-hydrogen) atoms. The molecule has 6 heteroatoms. The van der Waals surface area contributed by atoms with Crippen LogP contribution in [-0.2, 0) is 6.54 Å². The van der Waals surface area contributed by atoms with Crippen molar-refractivity contribution in [3.63, 3.8) is 0 Å². The SMILES string of the molecule is COc1ccccc1CNc1cc(C(=O)Nc2c(C)cc(C)cc2C)ncn1. The van der Waals surface area contributed by atoms with Crippen LogP contribution < -0.4 is 15.4 Å². The monoisotopic (exact) mass is 376 g/mol. The number of aryl methyl sites for hydroxylation is 3. The number of rotatable bonds is 6. The van der Waals surface area contributed by atoms with Crippen molar-refractivity contribution in [2.24, 2.45) is 0 Å². The molecule has 0 saturated heterocycles. The normalized spacial score (nSPS) is 10.4. The van der Waals surface area contributed by atoms with Gasteiger partial charge in [-0.15, -0.1) is 0 Å². The summed E-state index contributed by atoms with van der Waals surface area (Å²) in [4.78, 5) is 21.0. The Balaban J connectivity index is 1.73. The maximum atomic E-state index is 12.7. The summed E-state index contributed by atoms with van der Waals surface area (Å²) in [7, 11) is 1.64. The van der Waals surface area contributed by atoms with Crippen molar-refractivity contribution < 1.29 is 9.53 Å². The standard InChI is InChI=1S/C22H24N4O2/c1-14-9-15(2)21(16(3)10-14)26-22(27)18-11-20(25-13-24-18)23-12-17-7-5-6-8-19(17)28-4/h5-11,13H,12H2,1-4H3,(H,26,27)(H,23,24,25). The van der Waals surface area contributed by atoms with E-state index in [1.54, 1.807) is 13.2 Å². The van der Waals surface area contributed by atoms with E-state index in [9.17, 15) is 4.79 Å². The van der Waals surface area contributed by atoms with Crippen molar-refractivity contribution in [3.8, 4) is 5.75 Å². The van der Waals surface area contributed by atoms with Crippen LogP contribution in [0, 0.1) is 20.8 Å². The Labute approximate surface area is 165 Å². The lowest BCUT2D eigenvalue weighted by atomic mass is 10.0. The summed E-state index contributed by atoms with van der Waals surface area (Å²) < 4.78 is 5.36. The van der Waals surface area contributed by atoms with Crippen LogP contribution in [0.4, 0.5) is 11.5 Å². The first kappa shape index (κ1) is 19.4. The Morgan fingerprint density at radius 2 is 1.75 bits per heavy atom. The minimum absolute atomic E-state index is 0.266. The first-order valence-corrected chi connectivity index (χ1v) is 9.05. The molecule has 1 amide bonds. The molecule has 0 atom stereocenters. The van der Waals surface area contributed by atoms with Crippen LogP contribution in [0.1, 0.15) is 32.7 Å². The zero-order chi connectivity index (χ0) is 20.1. The summed E-state index contributed by atoms with van der Waals surface area (Å²) in [6, 6.07) is 13.5. The highest BCUT2D eigenvalue weighted by Gasteiger charge is 2.13. The fraction of sp³-hybridized carbons (Fsp3) is 0.227. The van der Waals surface area contributed by atoms with Gasteiger partial charge < -0.3 is 15.4 Å². The molecule has 0 radical (unpaired) electrons. The van der Waals surface area contributed by atoms with E-state index in [-0.39, 0.29) is 5.91 Å². The summed E-state index contributed by atoms with van der Waals surface area (Å²) >= 11 is 0. The van der Waals surface area contributed by atoms with Crippen LogP contribution in [0.2, 0.25) is 0 Å². The van der Waals surface area contributed by atoms with Crippen LogP contribution in [-0.4, -0.2) is 23.0 Å². The lowest BCUT2D eigenvalue weighted by Crippen LogP contribution is -2.16. The number of ether oxygens (including phenoxy) is 1. The highest BCUT2D eigenvalue weighted by atomic mass is 16.5. The zero-order valence-electron chi connectivity index (χ0n) is 16.5. The van der Waals surface area contributed by atoms with Gasteiger partial charge in [0.2, 0.25) is 0 Å². The summed E-state index contributed by atoms with van der Waals surface area (Å²) in [6.45, 7) is 6.53. The van der Waals surface area contributed by atoms with Crippen molar-refractivity contribution in [2.45, 2.75) is 27.3 Å². The highest BCUT2D eigenvalue weighted by Crippen LogP contribution is 2.23. The van der Waals surface area contributed by atoms with Gasteiger partial charge in [-0.2, -0.15) is 0 Å². The number of nitrogens with zero attached hydrogens (tertiary/aromatic N) is 2. The molecular weight excluding hydrogens is 352 g/mol. The molecule has 3 rings (SSSR count). The number of benzene rings is 2. The fourth-order valence-corrected chi connectivity index (χ4v) is 3.17. The van der Waals surface area contributed by atoms with Crippen molar-refractivity contribution >= 4 is 17.4 Å². The van der Waals surface area contributed by atoms with Crippen LogP contribution in [0.25, 0.3) is 0 Å². The maximum absolute atomic E-state index is 12.7. The van der Waals surface area contributed by atoms with Gasteiger partial charge in [-0.25, -0.2) is 9.97 Å². The smallest absolute Gasteiger partial charge is 0.274 e. The molecule has 0 spiro atoms. The average molecular weight is 376 g/mol. The quantitative estimate of drug-likeness (QED) is 0.672. The third kappa shape index (κ3) is 4.46. The Hall–Kier alpha value is -3.41. The van der Waals surface area contributed by atoms with Crippen molar-refractivity contribution in [1.29, 1.82) is 0 Å². The molecule has 3 aromatic rings. The molecule has 1 aromatic heterocycles. The number of hydrogen-bond acceptors (Lipinski definition) is 5. The zero-order valence-corrected chi connectivity index (χ0v) is 16.5. The van der Waals surface area contributed by atoms with E-state index in [0.29, 0.717) is 18.1 Å². The maximum Gasteiger partial charge on any atom is 0.274 e. The molecular formula is C22H24N4O2. The van der Waals surface area contributed by atoms with Gasteiger partial charge in [-0.05, 0) is 38.0 Å². The van der Waals surface area contributed by atoms with Gasteiger partial charge in [0.25, 0.3) is 5.91 Å². The predicted molar refractivity (Wildman–Crippen MR) is 111 cm³/mol. The van der Waals surface area contributed by atoms with Gasteiger partial charge >= 0.3 is 0 Å². The highest BCUT2D eigenvalue weighted by molar-refractivity contribution is 6.04. The Kier molecular flexibility index (Phi) is 5.89. The van der Waals surface area contributed by atoms with Gasteiger partial charge in [0.05, 0.1) is 7.11 Å². The van der Waals surface area contributed by atoms with Crippen LogP contribution in [0.5, 0.6) is 5.75 Å². The van der Waals surface area contributed by atoms with Crippen LogP contribution in [0.15, 0.2) is 48.8 Å². The molecule has 0 aliphatic carbocycles. The molecule has 0 unspecified atom stereocenters. The number of carbonyl (C=O) groups is 1. The second kappa shape index (κ2) is 8.52. The molecule has 6 nitrogen and oxygen atoms in total. The predicted octanol–water partition coefficient (Wildman–Crippen LogP) is 4.27.